The Labute approximate surface area is 195 Å². The van der Waals surface area contributed by atoms with E-state index >= 15 is 0 Å². The van der Waals surface area contributed by atoms with Crippen LogP contribution in [0.3, 0.4) is 0 Å². The van der Waals surface area contributed by atoms with Crippen LogP contribution in [0.25, 0.3) is 10.6 Å². The monoisotopic (exact) mass is 473 g/mol. The van der Waals surface area contributed by atoms with Crippen LogP contribution in [0, 0.1) is 0 Å². The Bertz CT molecular complexity index is 1140. The molecule has 0 aliphatic carbocycles. The highest BCUT2D eigenvalue weighted by molar-refractivity contribution is 7.19. The van der Waals surface area contributed by atoms with Crippen molar-refractivity contribution in [3.63, 3.8) is 0 Å². The second-order valence-electron chi connectivity index (χ2n) is 7.03. The molecule has 0 atom stereocenters. The zero-order chi connectivity index (χ0) is 22.7. The number of nitrogens with zero attached hydrogens (tertiary/aromatic N) is 2. The average Bonchev–Trinajstić information content (AvgIpc) is 3.40. The first-order chi connectivity index (χ1) is 15.5. The minimum absolute atomic E-state index is 0.158. The zero-order valence-corrected chi connectivity index (χ0v) is 19.6. The molecule has 32 heavy (non-hydrogen) atoms. The van der Waals surface area contributed by atoms with Crippen molar-refractivity contribution >= 4 is 45.4 Å². The summed E-state index contributed by atoms with van der Waals surface area (Å²) in [4.78, 5) is 17.1. The Balaban J connectivity index is 1.44. The minimum atomic E-state index is -0.528. The van der Waals surface area contributed by atoms with Gasteiger partial charge >= 0.3 is 6.09 Å². The number of carbonyl (C=O) groups is 1. The highest BCUT2D eigenvalue weighted by Crippen LogP contribution is 2.38. The number of methoxy groups -OCH3 is 1. The Morgan fingerprint density at radius 1 is 1.25 bits per heavy atom. The largest absolute Gasteiger partial charge is 0.496 e. The van der Waals surface area contributed by atoms with Crippen molar-refractivity contribution in [2.45, 2.75) is 26.9 Å². The minimum Gasteiger partial charge on any atom is -0.496 e. The van der Waals surface area contributed by atoms with Gasteiger partial charge in [-0.25, -0.2) is 9.78 Å². The molecule has 0 bridgehead atoms. The molecular weight excluding hydrogens is 450 g/mol. The number of amides is 1. The maximum Gasteiger partial charge on any atom is 0.412 e. The van der Waals surface area contributed by atoms with Gasteiger partial charge in [0.25, 0.3) is 0 Å². The first-order valence-corrected chi connectivity index (χ1v) is 11.4. The summed E-state index contributed by atoms with van der Waals surface area (Å²) in [5.41, 5.74) is 10.7. The number of halogens is 1. The van der Waals surface area contributed by atoms with E-state index in [4.69, 9.17) is 21.1 Å². The van der Waals surface area contributed by atoms with Gasteiger partial charge in [0.1, 0.15) is 22.4 Å². The molecule has 2 heterocycles. The van der Waals surface area contributed by atoms with Crippen molar-refractivity contribution in [1.82, 2.24) is 10.5 Å². The van der Waals surface area contributed by atoms with Crippen LogP contribution in [0.5, 0.6) is 5.75 Å². The molecule has 1 amide bonds. The van der Waals surface area contributed by atoms with Gasteiger partial charge in [0.2, 0.25) is 0 Å². The van der Waals surface area contributed by atoms with Crippen LogP contribution >= 0.6 is 22.9 Å². The Kier molecular flexibility index (Phi) is 6.69. The van der Waals surface area contributed by atoms with Gasteiger partial charge < -0.3 is 14.9 Å². The van der Waals surface area contributed by atoms with E-state index in [9.17, 15) is 4.79 Å². The third-order valence-corrected chi connectivity index (χ3v) is 6.29. The summed E-state index contributed by atoms with van der Waals surface area (Å²) in [6.07, 6.45) is 0.138. The number of hydrogen-bond donors (Lipinski definition) is 3. The number of thiazole rings is 1. The van der Waals surface area contributed by atoms with Gasteiger partial charge in [-0.15, -0.1) is 5.53 Å². The number of aromatic nitrogens is 1. The standard InChI is InChI=1S/C22H24ClN5O3S/c1-4-16-21(32-20(24-16)15-8-7-14(23)11-19(15)30-3)25-22(29)31-12-13-6-9-18-17(10-13)26-27-28(18)5-2/h6-11,26-27H,4-5,12H2,1-3H3,(H,25,29). The van der Waals surface area contributed by atoms with Crippen molar-refractivity contribution in [2.24, 2.45) is 0 Å². The lowest BCUT2D eigenvalue weighted by atomic mass is 10.2. The van der Waals surface area contributed by atoms with Crippen LogP contribution < -0.4 is 26.0 Å². The molecule has 1 aliphatic rings. The van der Waals surface area contributed by atoms with Crippen LogP contribution in [0.1, 0.15) is 25.1 Å². The molecule has 1 aromatic heterocycles. The van der Waals surface area contributed by atoms with Crippen LogP contribution in [-0.2, 0) is 17.8 Å². The normalized spacial score (nSPS) is 12.3. The number of fused-ring (bicyclic) bond motifs is 1. The molecule has 0 radical (unpaired) electrons. The fourth-order valence-corrected chi connectivity index (χ4v) is 4.60. The molecule has 1 aliphatic heterocycles. The Morgan fingerprint density at radius 3 is 2.84 bits per heavy atom. The molecule has 3 N–H and O–H groups in total. The summed E-state index contributed by atoms with van der Waals surface area (Å²) in [6.45, 7) is 5.03. The first kappa shape index (κ1) is 22.2. The number of anilines is 3. The van der Waals surface area contributed by atoms with Gasteiger partial charge in [0, 0.05) is 11.6 Å². The van der Waals surface area contributed by atoms with Gasteiger partial charge in [-0.3, -0.25) is 10.3 Å². The lowest BCUT2D eigenvalue weighted by Crippen LogP contribution is -2.35. The second kappa shape index (κ2) is 9.64. The number of aryl methyl sites for hydroxylation is 1. The van der Waals surface area contributed by atoms with Crippen molar-refractivity contribution in [2.75, 3.05) is 29.4 Å². The number of nitrogens with one attached hydrogen (secondary N) is 3. The van der Waals surface area contributed by atoms with E-state index in [1.54, 1.807) is 19.2 Å². The van der Waals surface area contributed by atoms with Crippen LogP contribution in [0.4, 0.5) is 21.2 Å². The lowest BCUT2D eigenvalue weighted by Gasteiger charge is -2.14. The highest BCUT2D eigenvalue weighted by Gasteiger charge is 2.19. The molecule has 0 unspecified atom stereocenters. The SMILES string of the molecule is CCc1nc(-c2ccc(Cl)cc2OC)sc1NC(=O)OCc1ccc2c(c1)NNN2CC. The predicted molar refractivity (Wildman–Crippen MR) is 129 cm³/mol. The molecule has 8 nitrogen and oxygen atoms in total. The van der Waals surface area contributed by atoms with E-state index in [-0.39, 0.29) is 6.61 Å². The summed E-state index contributed by atoms with van der Waals surface area (Å²) in [5.74, 6) is 0.629. The maximum absolute atomic E-state index is 12.5. The van der Waals surface area contributed by atoms with Crippen molar-refractivity contribution in [1.29, 1.82) is 0 Å². The van der Waals surface area contributed by atoms with Crippen LogP contribution in [0.2, 0.25) is 5.02 Å². The van der Waals surface area contributed by atoms with Crippen molar-refractivity contribution in [3.8, 4) is 16.3 Å². The number of carbonyl (C=O) groups excluding carboxylic acids is 1. The van der Waals surface area contributed by atoms with E-state index < -0.39 is 6.09 Å². The van der Waals surface area contributed by atoms with Crippen molar-refractivity contribution < 1.29 is 14.3 Å². The summed E-state index contributed by atoms with van der Waals surface area (Å²) in [7, 11) is 1.59. The summed E-state index contributed by atoms with van der Waals surface area (Å²) in [5, 5.41) is 6.80. The third-order valence-electron chi connectivity index (χ3n) is 5.01. The molecule has 0 spiro atoms. The van der Waals surface area contributed by atoms with Gasteiger partial charge in [0.15, 0.2) is 0 Å². The first-order valence-electron chi connectivity index (χ1n) is 10.2. The van der Waals surface area contributed by atoms with E-state index in [2.05, 4.69) is 28.2 Å². The predicted octanol–water partition coefficient (Wildman–Crippen LogP) is 5.45. The number of hydrazine groups is 2. The quantitative estimate of drug-likeness (QED) is 0.420. The molecule has 4 rings (SSSR count). The number of rotatable bonds is 7. The Morgan fingerprint density at radius 2 is 2.09 bits per heavy atom. The van der Waals surface area contributed by atoms with Gasteiger partial charge in [-0.05, 0) is 49.2 Å². The summed E-state index contributed by atoms with van der Waals surface area (Å²) in [6, 6.07) is 11.3. The van der Waals surface area contributed by atoms with E-state index in [0.29, 0.717) is 22.2 Å². The molecule has 10 heteroatoms. The molecule has 0 saturated heterocycles. The molecule has 0 fully saturated rings. The zero-order valence-electron chi connectivity index (χ0n) is 18.0. The number of ether oxygens (including phenoxy) is 2. The van der Waals surface area contributed by atoms with E-state index in [1.165, 1.54) is 11.3 Å². The molecule has 168 valence electrons. The van der Waals surface area contributed by atoms with Gasteiger partial charge in [-0.2, -0.15) is 0 Å². The Hall–Kier alpha value is -3.01. The summed E-state index contributed by atoms with van der Waals surface area (Å²) >= 11 is 7.44. The lowest BCUT2D eigenvalue weighted by molar-refractivity contribution is 0.155. The van der Waals surface area contributed by atoms with Crippen molar-refractivity contribution in [3.05, 3.63) is 52.7 Å². The molecular formula is C22H24ClN5O3S. The average molecular weight is 474 g/mol. The smallest absolute Gasteiger partial charge is 0.412 e. The number of hydrogen-bond acceptors (Lipinski definition) is 8. The molecule has 3 aromatic rings. The molecule has 0 saturated carbocycles. The van der Waals surface area contributed by atoms with E-state index in [1.807, 2.05) is 36.2 Å². The molecule has 2 aromatic carbocycles. The van der Waals surface area contributed by atoms with Gasteiger partial charge in [0.05, 0.1) is 29.7 Å². The third kappa shape index (κ3) is 4.59. The fourth-order valence-electron chi connectivity index (χ4n) is 3.37. The maximum atomic E-state index is 12.5. The summed E-state index contributed by atoms with van der Waals surface area (Å²) < 4.78 is 10.9. The topological polar surface area (TPSA) is 87.8 Å². The highest BCUT2D eigenvalue weighted by atomic mass is 35.5. The van der Waals surface area contributed by atoms with Crippen LogP contribution in [0.15, 0.2) is 36.4 Å². The fraction of sp³-hybridized carbons (Fsp3) is 0.273. The van der Waals surface area contributed by atoms with Gasteiger partial charge in [-0.1, -0.05) is 35.9 Å². The van der Waals surface area contributed by atoms with E-state index in [0.717, 1.165) is 39.7 Å². The number of benzene rings is 2. The second-order valence-corrected chi connectivity index (χ2v) is 8.46. The van der Waals surface area contributed by atoms with Crippen LogP contribution in [-0.4, -0.2) is 24.7 Å².